The molecule has 29 heavy (non-hydrogen) atoms. The number of benzene rings is 2. The van der Waals surface area contributed by atoms with Gasteiger partial charge in [-0.1, -0.05) is 41.9 Å². The summed E-state index contributed by atoms with van der Waals surface area (Å²) < 4.78 is 1.78. The molecular weight excluding hydrogens is 388 g/mol. The number of hydrogen-bond donors (Lipinski definition) is 2. The Morgan fingerprint density at radius 1 is 1.17 bits per heavy atom. The molecule has 0 bridgehead atoms. The van der Waals surface area contributed by atoms with E-state index >= 15 is 0 Å². The van der Waals surface area contributed by atoms with E-state index in [9.17, 15) is 9.59 Å². The standard InChI is InChI=1S/C22H21ClN4O2/c1-27-12-11-16(26-27)13-24-15-7-5-14(6-8-15)17-3-2-4-18(21(17)23)19-9-10-20(28)25-22(19)29/h2-8,11-12,19,24H,9-10,13H2,1H3,(H,25,28,29). The van der Waals surface area contributed by atoms with Gasteiger partial charge in [-0.3, -0.25) is 19.6 Å². The highest BCUT2D eigenvalue weighted by Gasteiger charge is 2.30. The average Bonchev–Trinajstić information content (AvgIpc) is 3.13. The highest BCUT2D eigenvalue weighted by molar-refractivity contribution is 6.34. The van der Waals surface area contributed by atoms with E-state index < -0.39 is 5.92 Å². The van der Waals surface area contributed by atoms with Crippen molar-refractivity contribution in [2.45, 2.75) is 25.3 Å². The summed E-state index contributed by atoms with van der Waals surface area (Å²) in [6.45, 7) is 0.645. The second-order valence-corrected chi connectivity index (χ2v) is 7.50. The van der Waals surface area contributed by atoms with Crippen LogP contribution in [0.3, 0.4) is 0 Å². The summed E-state index contributed by atoms with van der Waals surface area (Å²) in [5, 5.41) is 10.6. The molecule has 2 heterocycles. The van der Waals surface area contributed by atoms with Crippen molar-refractivity contribution in [2.75, 3.05) is 5.32 Å². The lowest BCUT2D eigenvalue weighted by Crippen LogP contribution is -2.39. The molecule has 1 unspecified atom stereocenters. The number of amides is 2. The van der Waals surface area contributed by atoms with Crippen molar-refractivity contribution in [1.29, 1.82) is 0 Å². The summed E-state index contributed by atoms with van der Waals surface area (Å²) in [6, 6.07) is 15.6. The van der Waals surface area contributed by atoms with Crippen LogP contribution in [0, 0.1) is 0 Å². The lowest BCUT2D eigenvalue weighted by molar-refractivity contribution is -0.134. The Morgan fingerprint density at radius 3 is 2.66 bits per heavy atom. The zero-order valence-corrected chi connectivity index (χ0v) is 16.7. The Balaban J connectivity index is 1.52. The van der Waals surface area contributed by atoms with Crippen molar-refractivity contribution in [3.05, 3.63) is 71.0 Å². The summed E-state index contributed by atoms with van der Waals surface area (Å²) in [7, 11) is 1.89. The van der Waals surface area contributed by atoms with Crippen LogP contribution < -0.4 is 10.6 Å². The largest absolute Gasteiger partial charge is 0.379 e. The smallest absolute Gasteiger partial charge is 0.234 e. The first-order valence-electron chi connectivity index (χ1n) is 9.46. The van der Waals surface area contributed by atoms with Crippen LogP contribution in [-0.2, 0) is 23.2 Å². The van der Waals surface area contributed by atoms with Gasteiger partial charge in [0.2, 0.25) is 11.8 Å². The maximum atomic E-state index is 12.2. The molecule has 1 atom stereocenters. The predicted molar refractivity (Wildman–Crippen MR) is 113 cm³/mol. The molecule has 3 aromatic rings. The van der Waals surface area contributed by atoms with Crippen molar-refractivity contribution in [3.8, 4) is 11.1 Å². The van der Waals surface area contributed by atoms with Gasteiger partial charge < -0.3 is 5.32 Å². The van der Waals surface area contributed by atoms with Gasteiger partial charge in [0.25, 0.3) is 0 Å². The molecule has 2 amide bonds. The van der Waals surface area contributed by atoms with E-state index in [1.807, 2.05) is 61.8 Å². The van der Waals surface area contributed by atoms with Crippen LogP contribution in [0.5, 0.6) is 0 Å². The van der Waals surface area contributed by atoms with Crippen LogP contribution >= 0.6 is 11.6 Å². The molecule has 1 aliphatic rings. The lowest BCUT2D eigenvalue weighted by Gasteiger charge is -2.23. The Kier molecular flexibility index (Phi) is 5.36. The molecule has 1 saturated heterocycles. The Bertz CT molecular complexity index is 1060. The van der Waals surface area contributed by atoms with Gasteiger partial charge in [0.05, 0.1) is 23.2 Å². The maximum Gasteiger partial charge on any atom is 0.234 e. The highest BCUT2D eigenvalue weighted by atomic mass is 35.5. The van der Waals surface area contributed by atoms with Crippen molar-refractivity contribution in [1.82, 2.24) is 15.1 Å². The average molecular weight is 409 g/mol. The minimum absolute atomic E-state index is 0.229. The fourth-order valence-corrected chi connectivity index (χ4v) is 3.92. The molecule has 0 aliphatic carbocycles. The number of halogens is 1. The summed E-state index contributed by atoms with van der Waals surface area (Å²) in [5.74, 6) is -0.916. The van der Waals surface area contributed by atoms with E-state index in [1.165, 1.54) is 0 Å². The molecule has 4 rings (SSSR count). The third-order valence-corrected chi connectivity index (χ3v) is 5.50. The van der Waals surface area contributed by atoms with E-state index in [4.69, 9.17) is 11.6 Å². The number of carbonyl (C=O) groups is 2. The number of hydrogen-bond acceptors (Lipinski definition) is 4. The Labute approximate surface area is 173 Å². The van der Waals surface area contributed by atoms with E-state index in [1.54, 1.807) is 4.68 Å². The van der Waals surface area contributed by atoms with E-state index in [0.29, 0.717) is 24.4 Å². The topological polar surface area (TPSA) is 76.0 Å². The molecular formula is C22H21ClN4O2. The van der Waals surface area contributed by atoms with Crippen molar-refractivity contribution in [2.24, 2.45) is 7.05 Å². The quantitative estimate of drug-likeness (QED) is 0.628. The Hall–Kier alpha value is -3.12. The third kappa shape index (κ3) is 4.17. The van der Waals surface area contributed by atoms with Crippen LogP contribution in [0.25, 0.3) is 11.1 Å². The van der Waals surface area contributed by atoms with E-state index in [0.717, 1.165) is 28.1 Å². The first kappa shape index (κ1) is 19.2. The normalized spacial score (nSPS) is 16.6. The van der Waals surface area contributed by atoms with Crippen LogP contribution in [0.2, 0.25) is 5.02 Å². The molecule has 1 aromatic heterocycles. The lowest BCUT2D eigenvalue weighted by atomic mass is 9.88. The van der Waals surface area contributed by atoms with Crippen LogP contribution in [0.4, 0.5) is 5.69 Å². The minimum Gasteiger partial charge on any atom is -0.379 e. The molecule has 0 radical (unpaired) electrons. The zero-order valence-electron chi connectivity index (χ0n) is 16.0. The van der Waals surface area contributed by atoms with Gasteiger partial charge in [0.1, 0.15) is 0 Å². The molecule has 0 spiro atoms. The first-order chi connectivity index (χ1) is 14.0. The van der Waals surface area contributed by atoms with Crippen LogP contribution in [0.15, 0.2) is 54.7 Å². The molecule has 6 nitrogen and oxygen atoms in total. The number of imide groups is 1. The van der Waals surface area contributed by atoms with Gasteiger partial charge in [0, 0.05) is 30.9 Å². The molecule has 2 aromatic carbocycles. The van der Waals surface area contributed by atoms with Crippen LogP contribution in [-0.4, -0.2) is 21.6 Å². The predicted octanol–water partition coefficient (Wildman–Crippen LogP) is 3.87. The molecule has 7 heteroatoms. The summed E-state index contributed by atoms with van der Waals surface area (Å²) in [4.78, 5) is 23.7. The highest BCUT2D eigenvalue weighted by Crippen LogP contribution is 2.37. The summed E-state index contributed by atoms with van der Waals surface area (Å²) >= 11 is 6.67. The summed E-state index contributed by atoms with van der Waals surface area (Å²) in [6.07, 6.45) is 2.72. The van der Waals surface area contributed by atoms with E-state index in [-0.39, 0.29) is 11.8 Å². The SMILES string of the molecule is Cn1ccc(CNc2ccc(-c3cccc(C4CCC(=O)NC4=O)c3Cl)cc2)n1. The number of carbonyl (C=O) groups excluding carboxylic acids is 2. The molecule has 1 fully saturated rings. The molecule has 2 N–H and O–H groups in total. The molecule has 148 valence electrons. The second-order valence-electron chi connectivity index (χ2n) is 7.12. The molecule has 0 saturated carbocycles. The third-order valence-electron chi connectivity index (χ3n) is 5.08. The number of rotatable bonds is 5. The van der Waals surface area contributed by atoms with Crippen molar-refractivity contribution >= 4 is 29.1 Å². The van der Waals surface area contributed by atoms with Crippen molar-refractivity contribution < 1.29 is 9.59 Å². The number of aromatic nitrogens is 2. The van der Waals surface area contributed by atoms with E-state index in [2.05, 4.69) is 15.7 Å². The number of nitrogens with zero attached hydrogens (tertiary/aromatic N) is 2. The monoisotopic (exact) mass is 408 g/mol. The van der Waals surface area contributed by atoms with Crippen molar-refractivity contribution in [3.63, 3.8) is 0 Å². The van der Waals surface area contributed by atoms with Gasteiger partial charge >= 0.3 is 0 Å². The number of aryl methyl sites for hydroxylation is 1. The fourth-order valence-electron chi connectivity index (χ4n) is 3.55. The molecule has 1 aliphatic heterocycles. The minimum atomic E-state index is -0.403. The number of nitrogens with one attached hydrogen (secondary N) is 2. The van der Waals surface area contributed by atoms with Crippen LogP contribution in [0.1, 0.15) is 30.0 Å². The Morgan fingerprint density at radius 2 is 1.97 bits per heavy atom. The zero-order chi connectivity index (χ0) is 20.4. The van der Waals surface area contributed by atoms with Gasteiger partial charge in [-0.25, -0.2) is 0 Å². The second kappa shape index (κ2) is 8.09. The fraction of sp³-hybridized carbons (Fsp3) is 0.227. The summed E-state index contributed by atoms with van der Waals surface area (Å²) in [5.41, 5.74) is 4.54. The number of anilines is 1. The number of piperidine rings is 1. The van der Waals surface area contributed by atoms with Gasteiger partial charge in [0.15, 0.2) is 0 Å². The van der Waals surface area contributed by atoms with Gasteiger partial charge in [-0.15, -0.1) is 0 Å². The maximum absolute atomic E-state index is 12.2. The van der Waals surface area contributed by atoms with Gasteiger partial charge in [-0.05, 0) is 35.7 Å². The van der Waals surface area contributed by atoms with Gasteiger partial charge in [-0.2, -0.15) is 5.10 Å². The first-order valence-corrected chi connectivity index (χ1v) is 9.84.